The lowest BCUT2D eigenvalue weighted by Gasteiger charge is -2.28. The zero-order valence-corrected chi connectivity index (χ0v) is 12.1. The molecular weight excluding hydrogens is 258 g/mol. The molecule has 3 N–H and O–H groups in total. The van der Waals surface area contributed by atoms with Crippen LogP contribution < -0.4 is 5.73 Å². The van der Waals surface area contributed by atoms with E-state index < -0.39 is 5.60 Å². The Morgan fingerprint density at radius 1 is 1.50 bits per heavy atom. The van der Waals surface area contributed by atoms with Gasteiger partial charge in [-0.1, -0.05) is 0 Å². The second kappa shape index (κ2) is 5.83. The number of carbonyl (C=O) groups excluding carboxylic acids is 1. The lowest BCUT2D eigenvalue weighted by atomic mass is 9.86. The summed E-state index contributed by atoms with van der Waals surface area (Å²) in [7, 11) is 0. The summed E-state index contributed by atoms with van der Waals surface area (Å²) in [6.07, 6.45) is 5.80. The van der Waals surface area contributed by atoms with Crippen LogP contribution in [0, 0.1) is 5.92 Å². The fourth-order valence-electron chi connectivity index (χ4n) is 2.82. The standard InChI is InChI=1S/C14H23N3O3/c1-14(2,19)13-12(15)7-17(16-13)11-5-3-10(4-6-11)8-20-9-18/h7,9-11,19H,3-6,8,15H2,1-2H3. The van der Waals surface area contributed by atoms with E-state index in [2.05, 4.69) is 5.10 Å². The number of hydrogen-bond acceptors (Lipinski definition) is 5. The summed E-state index contributed by atoms with van der Waals surface area (Å²) >= 11 is 0. The third-order valence-corrected chi connectivity index (χ3v) is 3.93. The largest absolute Gasteiger partial charge is 0.468 e. The van der Waals surface area contributed by atoms with E-state index >= 15 is 0 Å². The molecule has 0 spiro atoms. The first-order chi connectivity index (χ1) is 9.41. The van der Waals surface area contributed by atoms with Crippen LogP contribution in [0.5, 0.6) is 0 Å². The summed E-state index contributed by atoms with van der Waals surface area (Å²) in [6, 6.07) is 0.306. The average Bonchev–Trinajstić information content (AvgIpc) is 2.79. The molecule has 0 radical (unpaired) electrons. The van der Waals surface area contributed by atoms with Gasteiger partial charge >= 0.3 is 0 Å². The fraction of sp³-hybridized carbons (Fsp3) is 0.714. The molecule has 0 atom stereocenters. The molecule has 1 aliphatic rings. The molecule has 112 valence electrons. The van der Waals surface area contributed by atoms with Crippen molar-refractivity contribution < 1.29 is 14.6 Å². The van der Waals surface area contributed by atoms with Crippen LogP contribution in [-0.2, 0) is 15.1 Å². The number of rotatable bonds is 5. The molecule has 1 fully saturated rings. The lowest BCUT2D eigenvalue weighted by molar-refractivity contribution is -0.130. The van der Waals surface area contributed by atoms with Gasteiger partial charge in [0, 0.05) is 6.20 Å². The average molecular weight is 281 g/mol. The molecule has 6 heteroatoms. The summed E-state index contributed by atoms with van der Waals surface area (Å²) < 4.78 is 6.70. The number of ether oxygens (including phenoxy) is 1. The van der Waals surface area contributed by atoms with Crippen LogP contribution in [-0.4, -0.2) is 28.0 Å². The van der Waals surface area contributed by atoms with Gasteiger partial charge in [-0.15, -0.1) is 0 Å². The van der Waals surface area contributed by atoms with Crippen molar-refractivity contribution in [2.24, 2.45) is 5.92 Å². The molecule has 1 saturated carbocycles. The van der Waals surface area contributed by atoms with Gasteiger partial charge in [0.15, 0.2) is 0 Å². The monoisotopic (exact) mass is 281 g/mol. The Labute approximate surface area is 118 Å². The number of aromatic nitrogens is 2. The van der Waals surface area contributed by atoms with E-state index in [1.807, 2.05) is 4.68 Å². The molecule has 6 nitrogen and oxygen atoms in total. The minimum absolute atomic E-state index is 0.306. The third-order valence-electron chi connectivity index (χ3n) is 3.93. The number of aliphatic hydroxyl groups is 1. The van der Waals surface area contributed by atoms with E-state index in [0.717, 1.165) is 25.7 Å². The van der Waals surface area contributed by atoms with Gasteiger partial charge in [-0.05, 0) is 45.4 Å². The predicted octanol–water partition coefficient (Wildman–Crippen LogP) is 1.60. The van der Waals surface area contributed by atoms with E-state index in [1.54, 1.807) is 20.0 Å². The van der Waals surface area contributed by atoms with Crippen LogP contribution in [0.4, 0.5) is 5.69 Å². The molecule has 1 aliphatic carbocycles. The highest BCUT2D eigenvalue weighted by Crippen LogP contribution is 2.34. The molecular formula is C14H23N3O3. The summed E-state index contributed by atoms with van der Waals surface area (Å²) in [6.45, 7) is 4.38. The van der Waals surface area contributed by atoms with Gasteiger partial charge in [-0.2, -0.15) is 5.10 Å². The molecule has 1 aromatic rings. The maximum absolute atomic E-state index is 10.2. The molecule has 0 bridgehead atoms. The summed E-state index contributed by atoms with van der Waals surface area (Å²) in [5.41, 5.74) is 5.96. The highest BCUT2D eigenvalue weighted by molar-refractivity contribution is 5.43. The molecule has 1 aromatic heterocycles. The van der Waals surface area contributed by atoms with Crippen LogP contribution in [0.2, 0.25) is 0 Å². The maximum Gasteiger partial charge on any atom is 0.293 e. The fourth-order valence-corrected chi connectivity index (χ4v) is 2.82. The van der Waals surface area contributed by atoms with Gasteiger partial charge in [-0.3, -0.25) is 9.48 Å². The molecule has 0 amide bonds. The Bertz CT molecular complexity index is 457. The highest BCUT2D eigenvalue weighted by Gasteiger charge is 2.27. The van der Waals surface area contributed by atoms with Gasteiger partial charge in [0.05, 0.1) is 18.3 Å². The second-order valence-corrected chi connectivity index (χ2v) is 6.08. The number of nitrogens with zero attached hydrogens (tertiary/aromatic N) is 2. The molecule has 0 aromatic carbocycles. The van der Waals surface area contributed by atoms with Crippen molar-refractivity contribution in [2.75, 3.05) is 12.3 Å². The van der Waals surface area contributed by atoms with Crippen molar-refractivity contribution in [2.45, 2.75) is 51.2 Å². The topological polar surface area (TPSA) is 90.4 Å². The van der Waals surface area contributed by atoms with E-state index in [9.17, 15) is 9.90 Å². The quantitative estimate of drug-likeness (QED) is 0.800. The van der Waals surface area contributed by atoms with Crippen LogP contribution in [0.1, 0.15) is 51.3 Å². The Morgan fingerprint density at radius 3 is 2.65 bits per heavy atom. The number of anilines is 1. The molecule has 0 saturated heterocycles. The summed E-state index contributed by atoms with van der Waals surface area (Å²) in [4.78, 5) is 10.2. The normalized spacial score (nSPS) is 23.6. The van der Waals surface area contributed by atoms with E-state index in [4.69, 9.17) is 10.5 Å². The van der Waals surface area contributed by atoms with Gasteiger partial charge in [0.2, 0.25) is 0 Å². The molecule has 0 unspecified atom stereocenters. The van der Waals surface area contributed by atoms with Crippen LogP contribution in [0.25, 0.3) is 0 Å². The smallest absolute Gasteiger partial charge is 0.293 e. The van der Waals surface area contributed by atoms with Crippen LogP contribution >= 0.6 is 0 Å². The Hall–Kier alpha value is -1.56. The van der Waals surface area contributed by atoms with E-state index in [0.29, 0.717) is 36.4 Å². The van der Waals surface area contributed by atoms with E-state index in [-0.39, 0.29) is 0 Å². The Morgan fingerprint density at radius 2 is 2.15 bits per heavy atom. The van der Waals surface area contributed by atoms with Gasteiger partial charge in [0.1, 0.15) is 11.3 Å². The second-order valence-electron chi connectivity index (χ2n) is 6.08. The maximum atomic E-state index is 10.2. The minimum Gasteiger partial charge on any atom is -0.468 e. The van der Waals surface area contributed by atoms with Gasteiger partial charge in [0.25, 0.3) is 6.47 Å². The Kier molecular flexibility index (Phi) is 4.32. The predicted molar refractivity (Wildman–Crippen MR) is 74.9 cm³/mol. The molecule has 0 aliphatic heterocycles. The number of carbonyl (C=O) groups is 1. The van der Waals surface area contributed by atoms with Crippen LogP contribution in [0.3, 0.4) is 0 Å². The van der Waals surface area contributed by atoms with Crippen LogP contribution in [0.15, 0.2) is 6.20 Å². The zero-order valence-electron chi connectivity index (χ0n) is 12.1. The van der Waals surface area contributed by atoms with Gasteiger partial charge < -0.3 is 15.6 Å². The number of nitrogen functional groups attached to an aromatic ring is 1. The zero-order chi connectivity index (χ0) is 14.8. The summed E-state index contributed by atoms with van der Waals surface area (Å²) in [5, 5.41) is 14.5. The first-order valence-electron chi connectivity index (χ1n) is 7.04. The van der Waals surface area contributed by atoms with Crippen molar-refractivity contribution in [1.82, 2.24) is 9.78 Å². The first kappa shape index (κ1) is 14.8. The van der Waals surface area contributed by atoms with Crippen molar-refractivity contribution >= 4 is 12.2 Å². The first-order valence-corrected chi connectivity index (χ1v) is 7.04. The molecule has 20 heavy (non-hydrogen) atoms. The van der Waals surface area contributed by atoms with Crippen molar-refractivity contribution in [3.8, 4) is 0 Å². The summed E-state index contributed by atoms with van der Waals surface area (Å²) in [5.74, 6) is 0.443. The van der Waals surface area contributed by atoms with Crippen molar-refractivity contribution in [1.29, 1.82) is 0 Å². The minimum atomic E-state index is -1.02. The number of nitrogens with two attached hydrogens (primary N) is 1. The van der Waals surface area contributed by atoms with Crippen molar-refractivity contribution in [3.05, 3.63) is 11.9 Å². The highest BCUT2D eigenvalue weighted by atomic mass is 16.5. The van der Waals surface area contributed by atoms with Crippen molar-refractivity contribution in [3.63, 3.8) is 0 Å². The third kappa shape index (κ3) is 3.30. The molecule has 2 rings (SSSR count). The van der Waals surface area contributed by atoms with Gasteiger partial charge in [-0.25, -0.2) is 0 Å². The lowest BCUT2D eigenvalue weighted by Crippen LogP contribution is -2.23. The Balaban J connectivity index is 1.99. The van der Waals surface area contributed by atoms with E-state index in [1.165, 1.54) is 0 Å². The SMILES string of the molecule is CC(C)(O)c1nn(C2CCC(COC=O)CC2)cc1N. The number of hydrogen-bond donors (Lipinski definition) is 2. The molecule has 1 heterocycles.